The highest BCUT2D eigenvalue weighted by Gasteiger charge is 2.21. The van der Waals surface area contributed by atoms with Crippen molar-refractivity contribution in [3.05, 3.63) is 146 Å². The van der Waals surface area contributed by atoms with E-state index in [1.165, 1.54) is 32.1 Å². The van der Waals surface area contributed by atoms with Crippen LogP contribution in [0.4, 0.5) is 0 Å². The third-order valence-electron chi connectivity index (χ3n) is 11.8. The predicted octanol–water partition coefficient (Wildman–Crippen LogP) is 18.1. The average Bonchev–Trinajstić information content (AvgIpc) is 3.38. The van der Waals surface area contributed by atoms with Crippen LogP contribution in [0, 0.1) is 0 Å². The van der Waals surface area contributed by atoms with Crippen LogP contribution >= 0.6 is 7.82 Å². The molecule has 2 unspecified atom stereocenters. The average molecular weight is 1070 g/mol. The highest BCUT2D eigenvalue weighted by Crippen LogP contribution is 2.38. The van der Waals surface area contributed by atoms with Crippen LogP contribution in [0.5, 0.6) is 0 Å². The van der Waals surface area contributed by atoms with E-state index >= 15 is 0 Å². The van der Waals surface area contributed by atoms with Gasteiger partial charge in [-0.25, -0.2) is 0 Å². The number of allylic oxidation sites excluding steroid dienone is 24. The zero-order valence-corrected chi connectivity index (χ0v) is 49.5. The molecular weight excluding hydrogens is 966 g/mol. The molecule has 76 heavy (non-hydrogen) atoms. The maximum Gasteiger partial charge on any atom is 0.306 e. The minimum atomic E-state index is -4.65. The molecule has 0 aliphatic carbocycles. The SMILES string of the molecule is CC/C=C\C/C=C\C/C=C\C/C=C\C/C=C\C/C=C\C/C=C\C/C=C\C/C=C\C/C=C\CCCCCCCCCCC(=O)OC(COC(=O)CCCCCCC/C=C\C/C=C\CCC)COP(=O)([O-])OCC[N+](C)(C)C. The number of hydrogen-bond acceptors (Lipinski definition) is 8. The van der Waals surface area contributed by atoms with Gasteiger partial charge in [0.1, 0.15) is 19.8 Å². The van der Waals surface area contributed by atoms with Crippen LogP contribution in [0.1, 0.15) is 206 Å². The van der Waals surface area contributed by atoms with Gasteiger partial charge in [0.15, 0.2) is 6.10 Å². The smallest absolute Gasteiger partial charge is 0.306 e. The highest BCUT2D eigenvalue weighted by atomic mass is 31.2. The zero-order chi connectivity index (χ0) is 55.6. The van der Waals surface area contributed by atoms with E-state index in [1.54, 1.807) is 0 Å². The number of phosphoric acid groups is 1. The monoisotopic (exact) mass is 1070 g/mol. The van der Waals surface area contributed by atoms with Crippen LogP contribution < -0.4 is 4.89 Å². The van der Waals surface area contributed by atoms with Gasteiger partial charge in [-0.2, -0.15) is 0 Å². The number of quaternary nitrogens is 1. The Morgan fingerprint density at radius 1 is 0.421 bits per heavy atom. The van der Waals surface area contributed by atoms with E-state index < -0.39 is 32.5 Å². The van der Waals surface area contributed by atoms with Crippen LogP contribution in [-0.4, -0.2) is 70.0 Å². The lowest BCUT2D eigenvalue weighted by molar-refractivity contribution is -0.870. The predicted molar refractivity (Wildman–Crippen MR) is 323 cm³/mol. The summed E-state index contributed by atoms with van der Waals surface area (Å²) in [5.74, 6) is -0.871. The Kier molecular flexibility index (Phi) is 52.6. The summed E-state index contributed by atoms with van der Waals surface area (Å²) in [6, 6.07) is 0. The van der Waals surface area contributed by atoms with Gasteiger partial charge < -0.3 is 27.9 Å². The number of ether oxygens (including phenoxy) is 2. The molecule has 2 atom stereocenters. The fraction of sp³-hybridized carbons (Fsp3) is 0.606. The van der Waals surface area contributed by atoms with Crippen LogP contribution in [-0.2, 0) is 32.7 Å². The van der Waals surface area contributed by atoms with Gasteiger partial charge in [-0.1, -0.05) is 224 Å². The van der Waals surface area contributed by atoms with Gasteiger partial charge in [-0.15, -0.1) is 0 Å². The van der Waals surface area contributed by atoms with E-state index in [0.29, 0.717) is 23.9 Å². The maximum absolute atomic E-state index is 12.8. The van der Waals surface area contributed by atoms with E-state index in [0.717, 1.165) is 135 Å². The number of unbranched alkanes of at least 4 members (excludes halogenated alkanes) is 14. The number of carbonyl (C=O) groups excluding carboxylic acids is 2. The first-order valence-electron chi connectivity index (χ1n) is 29.5. The standard InChI is InChI=1S/C66H108NO8P/c1-6-8-10-12-14-16-18-20-21-22-23-24-25-26-27-28-29-30-31-32-33-34-35-36-37-38-39-40-41-42-43-44-45-47-49-51-53-55-57-59-66(69)75-64(63-74-76(70,71)73-61-60-67(3,4)5)62-72-65(68)58-56-54-52-50-48-46-19-17-15-13-11-9-7-2/h8,10-11,13-14,16-17,19-21,23-24,26-27,29-30,32-33,35-36,38-39,41-42,64H,6-7,9,12,15,18,22,25,28,31,34,37,40,43-63H2,1-5H3/b10-8-,13-11-,16-14-,19-17-,21-20-,24-23-,27-26-,30-29-,33-32-,36-35-,39-38-,42-41-. The molecule has 10 heteroatoms. The molecule has 0 aliphatic rings. The quantitative estimate of drug-likeness (QED) is 0.0195. The first kappa shape index (κ1) is 71.9. The van der Waals surface area contributed by atoms with Crippen molar-refractivity contribution in [2.45, 2.75) is 213 Å². The first-order valence-corrected chi connectivity index (χ1v) is 31.0. The number of hydrogen-bond donors (Lipinski definition) is 0. The minimum absolute atomic E-state index is 0.0424. The van der Waals surface area contributed by atoms with E-state index in [4.69, 9.17) is 18.5 Å². The summed E-state index contributed by atoms with van der Waals surface area (Å²) in [7, 11) is 1.13. The Morgan fingerprint density at radius 2 is 0.750 bits per heavy atom. The molecule has 430 valence electrons. The molecule has 0 bridgehead atoms. The van der Waals surface area contributed by atoms with Crippen molar-refractivity contribution in [2.75, 3.05) is 47.5 Å². The van der Waals surface area contributed by atoms with Crippen LogP contribution in [0.3, 0.4) is 0 Å². The number of carbonyl (C=O) groups is 2. The lowest BCUT2D eigenvalue weighted by Crippen LogP contribution is -2.37. The van der Waals surface area contributed by atoms with Crippen molar-refractivity contribution in [2.24, 2.45) is 0 Å². The van der Waals surface area contributed by atoms with Crippen molar-refractivity contribution in [1.29, 1.82) is 0 Å². The van der Waals surface area contributed by atoms with Gasteiger partial charge in [0, 0.05) is 12.8 Å². The fourth-order valence-corrected chi connectivity index (χ4v) is 8.04. The second-order valence-corrected chi connectivity index (χ2v) is 21.7. The Labute approximate surface area is 465 Å². The van der Waals surface area contributed by atoms with Gasteiger partial charge in [0.25, 0.3) is 7.82 Å². The first-order chi connectivity index (χ1) is 37.0. The summed E-state index contributed by atoms with van der Waals surface area (Å²) in [6.07, 6.45) is 81.9. The maximum atomic E-state index is 12.8. The topological polar surface area (TPSA) is 111 Å². The summed E-state index contributed by atoms with van der Waals surface area (Å²) in [5, 5.41) is 0. The Morgan fingerprint density at radius 3 is 1.12 bits per heavy atom. The third-order valence-corrected chi connectivity index (χ3v) is 12.8. The molecular formula is C66H108NO8P. The fourth-order valence-electron chi connectivity index (χ4n) is 7.31. The van der Waals surface area contributed by atoms with E-state index in [9.17, 15) is 19.0 Å². The third kappa shape index (κ3) is 59.1. The summed E-state index contributed by atoms with van der Waals surface area (Å²) in [6.45, 7) is 4.00. The number of esters is 2. The van der Waals surface area contributed by atoms with Crippen molar-refractivity contribution in [1.82, 2.24) is 0 Å². The van der Waals surface area contributed by atoms with Crippen molar-refractivity contribution in [3.63, 3.8) is 0 Å². The molecule has 9 nitrogen and oxygen atoms in total. The Hall–Kier alpha value is -4.11. The second-order valence-electron chi connectivity index (χ2n) is 20.3. The minimum Gasteiger partial charge on any atom is -0.756 e. The highest BCUT2D eigenvalue weighted by molar-refractivity contribution is 7.45. The van der Waals surface area contributed by atoms with E-state index in [2.05, 4.69) is 160 Å². The zero-order valence-electron chi connectivity index (χ0n) is 48.6. The van der Waals surface area contributed by atoms with Crippen LogP contribution in [0.2, 0.25) is 0 Å². The molecule has 0 saturated carbocycles. The molecule has 0 saturated heterocycles. The summed E-state index contributed by atoms with van der Waals surface area (Å²) >= 11 is 0. The molecule has 0 aromatic heterocycles. The van der Waals surface area contributed by atoms with Crippen LogP contribution in [0.15, 0.2) is 146 Å². The number of nitrogens with zero attached hydrogens (tertiary/aromatic N) is 1. The van der Waals surface area contributed by atoms with E-state index in [-0.39, 0.29) is 26.1 Å². The van der Waals surface area contributed by atoms with Crippen molar-refractivity contribution >= 4 is 19.8 Å². The van der Waals surface area contributed by atoms with Crippen molar-refractivity contribution in [3.8, 4) is 0 Å². The van der Waals surface area contributed by atoms with Gasteiger partial charge in [-0.3, -0.25) is 14.2 Å². The molecule has 0 rings (SSSR count). The number of phosphoric ester groups is 1. The van der Waals surface area contributed by atoms with E-state index in [1.807, 2.05) is 21.1 Å². The second kappa shape index (κ2) is 55.6. The largest absolute Gasteiger partial charge is 0.756 e. The normalized spacial score (nSPS) is 14.3. The van der Waals surface area contributed by atoms with Gasteiger partial charge in [0.2, 0.25) is 0 Å². The van der Waals surface area contributed by atoms with Crippen LogP contribution in [0.25, 0.3) is 0 Å². The van der Waals surface area contributed by atoms with Gasteiger partial charge in [-0.05, 0) is 116 Å². The molecule has 0 heterocycles. The molecule has 0 aromatic carbocycles. The van der Waals surface area contributed by atoms with Crippen molar-refractivity contribution < 1.29 is 42.1 Å². The lowest BCUT2D eigenvalue weighted by atomic mass is 10.1. The summed E-state index contributed by atoms with van der Waals surface area (Å²) in [5.41, 5.74) is 0. The van der Waals surface area contributed by atoms with Gasteiger partial charge in [0.05, 0.1) is 27.7 Å². The molecule has 0 aromatic rings. The Balaban J connectivity index is 4.13. The molecule has 0 fully saturated rings. The summed E-state index contributed by atoms with van der Waals surface area (Å²) in [4.78, 5) is 37.8. The van der Waals surface area contributed by atoms with Gasteiger partial charge >= 0.3 is 11.9 Å². The molecule has 0 amide bonds. The lowest BCUT2D eigenvalue weighted by Gasteiger charge is -2.28. The molecule has 0 spiro atoms. The Bertz CT molecular complexity index is 1790. The molecule has 0 N–H and O–H groups in total. The number of likely N-dealkylation sites (N-methyl/N-ethyl adjacent to an activating group) is 1. The number of rotatable bonds is 52. The summed E-state index contributed by atoms with van der Waals surface area (Å²) < 4.78 is 34.0. The molecule has 0 aliphatic heterocycles. The molecule has 0 radical (unpaired) electrons.